The van der Waals surface area contributed by atoms with E-state index in [0.717, 1.165) is 32.2 Å². The SMILES string of the molecule is C=CN1C=CC=CC1.O=C1C=CC(=O)N1C1CCCCC1. The zero-order chi connectivity index (χ0) is 15.1. The molecule has 0 unspecified atom stereocenters. The Balaban J connectivity index is 0.000000173. The molecule has 2 aliphatic heterocycles. The first-order chi connectivity index (χ1) is 10.2. The monoisotopic (exact) mass is 286 g/mol. The van der Waals surface area contributed by atoms with Crippen LogP contribution in [0.1, 0.15) is 32.1 Å². The molecule has 0 aromatic carbocycles. The Bertz CT molecular complexity index is 467. The molecule has 4 nitrogen and oxygen atoms in total. The van der Waals surface area contributed by atoms with E-state index in [4.69, 9.17) is 0 Å². The first-order valence-electron chi connectivity index (χ1n) is 7.49. The summed E-state index contributed by atoms with van der Waals surface area (Å²) in [7, 11) is 0. The van der Waals surface area contributed by atoms with E-state index in [0.29, 0.717) is 0 Å². The number of rotatable bonds is 2. The van der Waals surface area contributed by atoms with Gasteiger partial charge in [-0.3, -0.25) is 14.5 Å². The summed E-state index contributed by atoms with van der Waals surface area (Å²) in [6.45, 7) is 4.58. The lowest BCUT2D eigenvalue weighted by Gasteiger charge is -2.29. The molecule has 0 radical (unpaired) electrons. The standard InChI is InChI=1S/C10H13NO2.C7H9N/c12-9-6-7-10(13)11(9)8-4-2-1-3-5-8;1-2-8-6-4-3-5-7-8/h6-8H,1-5H2;2-6H,1,7H2. The lowest BCUT2D eigenvalue weighted by Crippen LogP contribution is -2.41. The number of hydrogen-bond acceptors (Lipinski definition) is 3. The quantitative estimate of drug-likeness (QED) is 0.733. The molecule has 0 aromatic heterocycles. The molecule has 1 aliphatic carbocycles. The number of amides is 2. The van der Waals surface area contributed by atoms with Crippen molar-refractivity contribution in [3.63, 3.8) is 0 Å². The van der Waals surface area contributed by atoms with Gasteiger partial charge in [0.15, 0.2) is 0 Å². The Labute approximate surface area is 126 Å². The van der Waals surface area contributed by atoms with Crippen LogP contribution in [0.15, 0.2) is 49.4 Å². The first-order valence-corrected chi connectivity index (χ1v) is 7.49. The Morgan fingerprint density at radius 2 is 1.71 bits per heavy atom. The first kappa shape index (κ1) is 15.3. The molecule has 1 saturated carbocycles. The van der Waals surface area contributed by atoms with Crippen LogP contribution in [0.25, 0.3) is 0 Å². The molecule has 1 fully saturated rings. The second kappa shape index (κ2) is 7.62. The highest BCUT2D eigenvalue weighted by Gasteiger charge is 2.31. The van der Waals surface area contributed by atoms with Gasteiger partial charge in [0, 0.05) is 30.9 Å². The van der Waals surface area contributed by atoms with Gasteiger partial charge in [0.1, 0.15) is 0 Å². The van der Waals surface area contributed by atoms with Gasteiger partial charge < -0.3 is 4.90 Å². The van der Waals surface area contributed by atoms with Crippen LogP contribution in [0.2, 0.25) is 0 Å². The van der Waals surface area contributed by atoms with Crippen molar-refractivity contribution in [1.82, 2.24) is 9.80 Å². The minimum Gasteiger partial charge on any atom is -0.351 e. The molecule has 3 aliphatic rings. The van der Waals surface area contributed by atoms with Crippen molar-refractivity contribution in [1.29, 1.82) is 0 Å². The third-order valence-corrected chi connectivity index (χ3v) is 3.86. The summed E-state index contributed by atoms with van der Waals surface area (Å²) < 4.78 is 0. The second-order valence-electron chi connectivity index (χ2n) is 5.32. The van der Waals surface area contributed by atoms with Crippen LogP contribution >= 0.6 is 0 Å². The molecule has 0 aromatic rings. The van der Waals surface area contributed by atoms with E-state index in [-0.39, 0.29) is 17.9 Å². The summed E-state index contributed by atoms with van der Waals surface area (Å²) >= 11 is 0. The number of imide groups is 1. The summed E-state index contributed by atoms with van der Waals surface area (Å²) in [5.74, 6) is -0.256. The maximum atomic E-state index is 11.3. The normalized spacial score (nSPS) is 21.5. The molecule has 112 valence electrons. The van der Waals surface area contributed by atoms with Crippen LogP contribution in [0.3, 0.4) is 0 Å². The Hall–Kier alpha value is -2.10. The van der Waals surface area contributed by atoms with Gasteiger partial charge in [-0.2, -0.15) is 0 Å². The molecule has 3 rings (SSSR count). The largest absolute Gasteiger partial charge is 0.351 e. The molecule has 0 bridgehead atoms. The van der Waals surface area contributed by atoms with E-state index in [1.165, 1.54) is 23.5 Å². The van der Waals surface area contributed by atoms with E-state index >= 15 is 0 Å². The molecule has 0 spiro atoms. The van der Waals surface area contributed by atoms with E-state index < -0.39 is 0 Å². The third kappa shape index (κ3) is 4.18. The van der Waals surface area contributed by atoms with Crippen LogP contribution in [0, 0.1) is 0 Å². The molecule has 2 amide bonds. The fourth-order valence-electron chi connectivity index (χ4n) is 2.73. The summed E-state index contributed by atoms with van der Waals surface area (Å²) in [6, 6.07) is 0.170. The molecular weight excluding hydrogens is 264 g/mol. The number of carbonyl (C=O) groups is 2. The van der Waals surface area contributed by atoms with Gasteiger partial charge in [0.2, 0.25) is 0 Å². The van der Waals surface area contributed by atoms with Gasteiger partial charge >= 0.3 is 0 Å². The minimum absolute atomic E-state index is 0.128. The topological polar surface area (TPSA) is 40.6 Å². The van der Waals surface area contributed by atoms with Crippen LogP contribution in [0.4, 0.5) is 0 Å². The average molecular weight is 286 g/mol. The molecule has 4 heteroatoms. The Morgan fingerprint density at radius 1 is 1.05 bits per heavy atom. The van der Waals surface area contributed by atoms with Gasteiger partial charge in [0.05, 0.1) is 0 Å². The van der Waals surface area contributed by atoms with Gasteiger partial charge in [-0.05, 0) is 25.1 Å². The fraction of sp³-hybridized carbons (Fsp3) is 0.412. The molecule has 2 heterocycles. The van der Waals surface area contributed by atoms with Gasteiger partial charge in [-0.1, -0.05) is 38.0 Å². The molecule has 21 heavy (non-hydrogen) atoms. The highest BCUT2D eigenvalue weighted by molar-refractivity contribution is 6.13. The average Bonchev–Trinajstić information content (AvgIpc) is 2.88. The van der Waals surface area contributed by atoms with E-state index in [9.17, 15) is 9.59 Å². The maximum absolute atomic E-state index is 11.3. The maximum Gasteiger partial charge on any atom is 0.253 e. The summed E-state index contributed by atoms with van der Waals surface area (Å²) in [5.41, 5.74) is 0. The van der Waals surface area contributed by atoms with E-state index in [1.807, 2.05) is 23.3 Å². The summed E-state index contributed by atoms with van der Waals surface area (Å²) in [5, 5.41) is 0. The van der Waals surface area contributed by atoms with Gasteiger partial charge in [-0.15, -0.1) is 0 Å². The lowest BCUT2D eigenvalue weighted by atomic mass is 9.94. The van der Waals surface area contributed by atoms with Crippen LogP contribution in [-0.2, 0) is 9.59 Å². The van der Waals surface area contributed by atoms with Gasteiger partial charge in [0.25, 0.3) is 11.8 Å². The van der Waals surface area contributed by atoms with Crippen molar-refractivity contribution in [2.75, 3.05) is 6.54 Å². The fourth-order valence-corrected chi connectivity index (χ4v) is 2.73. The van der Waals surface area contributed by atoms with Crippen LogP contribution in [0.5, 0.6) is 0 Å². The molecule has 0 saturated heterocycles. The second-order valence-corrected chi connectivity index (χ2v) is 5.32. The molecule has 0 atom stereocenters. The summed E-state index contributed by atoms with van der Waals surface area (Å²) in [4.78, 5) is 26.0. The number of allylic oxidation sites excluding steroid dienone is 2. The zero-order valence-corrected chi connectivity index (χ0v) is 12.3. The smallest absolute Gasteiger partial charge is 0.253 e. The highest BCUT2D eigenvalue weighted by atomic mass is 16.2. The zero-order valence-electron chi connectivity index (χ0n) is 12.3. The van der Waals surface area contributed by atoms with Crippen molar-refractivity contribution in [2.45, 2.75) is 38.1 Å². The number of hydrogen-bond donors (Lipinski definition) is 0. The highest BCUT2D eigenvalue weighted by Crippen LogP contribution is 2.24. The Morgan fingerprint density at radius 3 is 2.19 bits per heavy atom. The Kier molecular flexibility index (Phi) is 5.55. The van der Waals surface area contributed by atoms with Crippen molar-refractivity contribution >= 4 is 11.8 Å². The molecule has 0 N–H and O–H groups in total. The van der Waals surface area contributed by atoms with Crippen LogP contribution in [-0.4, -0.2) is 34.2 Å². The number of nitrogens with zero attached hydrogens (tertiary/aromatic N) is 2. The van der Waals surface area contributed by atoms with E-state index in [1.54, 1.807) is 6.20 Å². The lowest BCUT2D eigenvalue weighted by molar-refractivity contribution is -0.140. The van der Waals surface area contributed by atoms with Crippen molar-refractivity contribution < 1.29 is 9.59 Å². The third-order valence-electron chi connectivity index (χ3n) is 3.86. The minimum atomic E-state index is -0.128. The van der Waals surface area contributed by atoms with E-state index in [2.05, 4.69) is 12.7 Å². The van der Waals surface area contributed by atoms with Crippen LogP contribution < -0.4 is 0 Å². The van der Waals surface area contributed by atoms with Crippen molar-refractivity contribution in [3.8, 4) is 0 Å². The predicted molar refractivity (Wildman–Crippen MR) is 83.0 cm³/mol. The summed E-state index contributed by atoms with van der Waals surface area (Å²) in [6.07, 6.45) is 18.1. The van der Waals surface area contributed by atoms with Crippen molar-refractivity contribution in [3.05, 3.63) is 49.4 Å². The number of carbonyl (C=O) groups excluding carboxylic acids is 2. The van der Waals surface area contributed by atoms with Gasteiger partial charge in [-0.25, -0.2) is 0 Å². The molecular formula is C17H22N2O2. The van der Waals surface area contributed by atoms with Crippen molar-refractivity contribution in [2.24, 2.45) is 0 Å². The predicted octanol–water partition coefficient (Wildman–Crippen LogP) is 2.76.